The van der Waals surface area contributed by atoms with E-state index in [-0.39, 0.29) is 22.0 Å². The SMILES string of the molecule is COc1ccc(S(=O)(=O)N2Cc3ccccc3N(C(=O)c3ccc(F)cc3Cl)CC2C(=O)NO)cc1. The Bertz CT molecular complexity index is 1420. The fraction of sp³-hybridized carbons (Fsp3) is 0.167. The summed E-state index contributed by atoms with van der Waals surface area (Å²) in [4.78, 5) is 27.4. The maximum absolute atomic E-state index is 13.7. The summed E-state index contributed by atoms with van der Waals surface area (Å²) in [6, 6.07) is 13.9. The number of nitrogens with one attached hydrogen (secondary N) is 1. The summed E-state index contributed by atoms with van der Waals surface area (Å²) in [6.45, 7) is -0.727. The number of carbonyl (C=O) groups is 2. The van der Waals surface area contributed by atoms with E-state index in [1.807, 2.05) is 0 Å². The molecule has 0 aliphatic carbocycles. The van der Waals surface area contributed by atoms with Crippen LogP contribution in [0.1, 0.15) is 15.9 Å². The zero-order valence-corrected chi connectivity index (χ0v) is 20.5. The van der Waals surface area contributed by atoms with Gasteiger partial charge in [0.15, 0.2) is 0 Å². The van der Waals surface area contributed by atoms with Crippen molar-refractivity contribution in [1.29, 1.82) is 0 Å². The summed E-state index contributed by atoms with van der Waals surface area (Å²) in [7, 11) is -2.85. The van der Waals surface area contributed by atoms with Gasteiger partial charge in [0.1, 0.15) is 17.6 Å². The zero-order valence-electron chi connectivity index (χ0n) is 18.9. The Morgan fingerprint density at radius 1 is 1.11 bits per heavy atom. The summed E-state index contributed by atoms with van der Waals surface area (Å²) in [5.41, 5.74) is 2.23. The van der Waals surface area contributed by atoms with E-state index in [0.29, 0.717) is 17.0 Å². The highest BCUT2D eigenvalue weighted by Crippen LogP contribution is 2.33. The van der Waals surface area contributed by atoms with Crippen LogP contribution in [0, 0.1) is 5.82 Å². The lowest BCUT2D eigenvalue weighted by molar-refractivity contribution is -0.133. The van der Waals surface area contributed by atoms with E-state index in [2.05, 4.69) is 0 Å². The summed E-state index contributed by atoms with van der Waals surface area (Å²) in [6.07, 6.45) is 0. The predicted octanol–water partition coefficient (Wildman–Crippen LogP) is 3.21. The number of carbonyl (C=O) groups excluding carboxylic acids is 2. The summed E-state index contributed by atoms with van der Waals surface area (Å²) in [5.74, 6) is -1.91. The molecule has 36 heavy (non-hydrogen) atoms. The van der Waals surface area contributed by atoms with E-state index in [0.717, 1.165) is 16.4 Å². The van der Waals surface area contributed by atoms with Crippen LogP contribution in [0.4, 0.5) is 10.1 Å². The van der Waals surface area contributed by atoms with Gasteiger partial charge in [-0.05, 0) is 54.1 Å². The summed E-state index contributed by atoms with van der Waals surface area (Å²) >= 11 is 6.12. The van der Waals surface area contributed by atoms with Crippen molar-refractivity contribution >= 4 is 39.1 Å². The number of methoxy groups -OCH3 is 1. The molecule has 2 amide bonds. The molecule has 9 nitrogen and oxygen atoms in total. The minimum absolute atomic E-state index is 0.0394. The van der Waals surface area contributed by atoms with Crippen molar-refractivity contribution in [1.82, 2.24) is 9.79 Å². The molecule has 0 fully saturated rings. The monoisotopic (exact) mass is 533 g/mol. The summed E-state index contributed by atoms with van der Waals surface area (Å²) < 4.78 is 46.9. The van der Waals surface area contributed by atoms with Gasteiger partial charge in [-0.2, -0.15) is 4.31 Å². The van der Waals surface area contributed by atoms with E-state index >= 15 is 0 Å². The molecule has 0 saturated carbocycles. The normalized spacial score (nSPS) is 16.1. The number of ether oxygens (including phenoxy) is 1. The van der Waals surface area contributed by atoms with Gasteiger partial charge >= 0.3 is 0 Å². The first-order valence-electron chi connectivity index (χ1n) is 10.6. The second kappa shape index (κ2) is 10.2. The molecule has 3 aromatic rings. The standard InChI is InChI=1S/C24H21ClFN3O6S/c1-35-17-7-9-18(10-8-17)36(33,34)29-13-15-4-2-3-5-21(15)28(14-22(29)23(30)27-32)24(31)19-11-6-16(26)12-20(19)25/h2-12,22,32H,13-14H2,1H3,(H,27,30). The van der Waals surface area contributed by atoms with Crippen molar-refractivity contribution < 1.29 is 32.3 Å². The van der Waals surface area contributed by atoms with Crippen molar-refractivity contribution in [3.8, 4) is 5.75 Å². The maximum atomic E-state index is 13.7. The highest BCUT2D eigenvalue weighted by atomic mass is 35.5. The number of hydrogen-bond acceptors (Lipinski definition) is 6. The minimum Gasteiger partial charge on any atom is -0.497 e. The average Bonchev–Trinajstić information content (AvgIpc) is 3.06. The number of rotatable bonds is 5. The molecule has 1 atom stereocenters. The van der Waals surface area contributed by atoms with Gasteiger partial charge in [0, 0.05) is 12.2 Å². The largest absolute Gasteiger partial charge is 0.497 e. The lowest BCUT2D eigenvalue weighted by Gasteiger charge is -2.29. The molecule has 1 heterocycles. The maximum Gasteiger partial charge on any atom is 0.263 e. The molecule has 0 bridgehead atoms. The molecule has 1 aliphatic rings. The van der Waals surface area contributed by atoms with Crippen LogP contribution in [-0.2, 0) is 21.4 Å². The Balaban J connectivity index is 1.84. The van der Waals surface area contributed by atoms with E-state index < -0.39 is 40.2 Å². The first-order valence-corrected chi connectivity index (χ1v) is 12.4. The van der Waals surface area contributed by atoms with Gasteiger partial charge in [0.25, 0.3) is 11.8 Å². The van der Waals surface area contributed by atoms with Gasteiger partial charge in [-0.3, -0.25) is 14.8 Å². The van der Waals surface area contributed by atoms with Gasteiger partial charge in [0.2, 0.25) is 10.0 Å². The number of fused-ring (bicyclic) bond motifs is 1. The molecule has 0 spiro atoms. The number of anilines is 1. The first kappa shape index (κ1) is 25.6. The number of benzene rings is 3. The lowest BCUT2D eigenvalue weighted by atomic mass is 10.1. The highest BCUT2D eigenvalue weighted by Gasteiger charge is 2.41. The number of halogens is 2. The fourth-order valence-corrected chi connectivity index (χ4v) is 5.78. The molecule has 1 aliphatic heterocycles. The van der Waals surface area contributed by atoms with Crippen LogP contribution in [0.15, 0.2) is 71.6 Å². The molecule has 0 saturated heterocycles. The third-order valence-corrected chi connectivity index (χ3v) is 7.98. The number of nitrogens with zero attached hydrogens (tertiary/aromatic N) is 2. The van der Waals surface area contributed by atoms with Gasteiger partial charge in [-0.25, -0.2) is 18.3 Å². The summed E-state index contributed by atoms with van der Waals surface area (Å²) in [5, 5.41) is 9.29. The van der Waals surface area contributed by atoms with Crippen molar-refractivity contribution in [2.24, 2.45) is 0 Å². The van der Waals surface area contributed by atoms with Crippen molar-refractivity contribution in [3.63, 3.8) is 0 Å². The van der Waals surface area contributed by atoms with E-state index in [1.165, 1.54) is 47.8 Å². The van der Waals surface area contributed by atoms with E-state index in [4.69, 9.17) is 16.3 Å². The zero-order chi connectivity index (χ0) is 26.0. The number of para-hydroxylation sites is 1. The number of amides is 2. The van der Waals surface area contributed by atoms with Crippen LogP contribution >= 0.6 is 11.6 Å². The molecular formula is C24H21ClFN3O6S. The molecule has 0 radical (unpaired) electrons. The van der Waals surface area contributed by atoms with Crippen molar-refractivity contribution in [2.45, 2.75) is 17.5 Å². The smallest absolute Gasteiger partial charge is 0.263 e. The number of hydroxylamine groups is 1. The molecule has 3 aromatic carbocycles. The number of sulfonamides is 1. The molecule has 188 valence electrons. The van der Waals surface area contributed by atoms with Crippen LogP contribution in [0.5, 0.6) is 5.75 Å². The van der Waals surface area contributed by atoms with Gasteiger partial charge in [-0.15, -0.1) is 0 Å². The van der Waals surface area contributed by atoms with Crippen LogP contribution in [0.25, 0.3) is 0 Å². The third kappa shape index (κ3) is 4.78. The molecular weight excluding hydrogens is 513 g/mol. The van der Waals surface area contributed by atoms with Crippen LogP contribution in [0.3, 0.4) is 0 Å². The Morgan fingerprint density at radius 3 is 2.44 bits per heavy atom. The van der Waals surface area contributed by atoms with Crippen LogP contribution < -0.4 is 15.1 Å². The molecule has 12 heteroatoms. The second-order valence-corrected chi connectivity index (χ2v) is 10.2. The Kier molecular flexibility index (Phi) is 7.27. The predicted molar refractivity (Wildman–Crippen MR) is 129 cm³/mol. The Labute approximate surface area is 211 Å². The average molecular weight is 534 g/mol. The second-order valence-electron chi connectivity index (χ2n) is 7.89. The van der Waals surface area contributed by atoms with E-state index in [9.17, 15) is 27.6 Å². The van der Waals surface area contributed by atoms with Crippen molar-refractivity contribution in [2.75, 3.05) is 18.6 Å². The van der Waals surface area contributed by atoms with Gasteiger partial charge < -0.3 is 9.64 Å². The lowest BCUT2D eigenvalue weighted by Crippen LogP contribution is -2.53. The number of hydrogen-bond donors (Lipinski definition) is 2. The highest BCUT2D eigenvalue weighted by molar-refractivity contribution is 7.89. The van der Waals surface area contributed by atoms with Crippen molar-refractivity contribution in [3.05, 3.63) is 88.7 Å². The quantitative estimate of drug-likeness (QED) is 0.384. The molecule has 0 aromatic heterocycles. The Hall–Kier alpha value is -3.51. The van der Waals surface area contributed by atoms with Crippen LogP contribution in [-0.4, -0.2) is 49.4 Å². The first-order chi connectivity index (χ1) is 17.2. The van der Waals surface area contributed by atoms with Gasteiger partial charge in [0.05, 0.1) is 29.1 Å². The topological polar surface area (TPSA) is 116 Å². The molecule has 1 unspecified atom stereocenters. The molecule has 2 N–H and O–H groups in total. The van der Waals surface area contributed by atoms with E-state index in [1.54, 1.807) is 24.3 Å². The van der Waals surface area contributed by atoms with Gasteiger partial charge in [-0.1, -0.05) is 29.8 Å². The van der Waals surface area contributed by atoms with Crippen LogP contribution in [0.2, 0.25) is 5.02 Å². The fourth-order valence-electron chi connectivity index (χ4n) is 3.97. The molecule has 4 rings (SSSR count). The third-order valence-electron chi connectivity index (χ3n) is 5.80. The Morgan fingerprint density at radius 2 is 1.81 bits per heavy atom. The minimum atomic E-state index is -4.29.